The number of anilines is 1. The SMILES string of the molecule is NS(=O)(=O)NCCCCC(NC(=O)O)C(=O)Nc1nc(-c2ccccc2)ns1. The molecule has 152 valence electrons. The molecule has 0 aliphatic heterocycles. The number of nitrogens with one attached hydrogen (secondary N) is 3. The van der Waals surface area contributed by atoms with E-state index in [1.165, 1.54) is 0 Å². The van der Waals surface area contributed by atoms with Gasteiger partial charge in [-0.05, 0) is 19.3 Å². The van der Waals surface area contributed by atoms with E-state index in [9.17, 15) is 18.0 Å². The van der Waals surface area contributed by atoms with Crippen LogP contribution in [0.1, 0.15) is 19.3 Å². The third-order valence-corrected chi connectivity index (χ3v) is 4.76. The predicted octanol–water partition coefficient (Wildman–Crippen LogP) is 0.743. The van der Waals surface area contributed by atoms with Gasteiger partial charge in [0, 0.05) is 23.6 Å². The molecule has 1 aromatic carbocycles. The number of rotatable bonds is 10. The third-order valence-electron chi connectivity index (χ3n) is 3.53. The monoisotopic (exact) mass is 428 g/mol. The fourth-order valence-corrected chi connectivity index (χ4v) is 3.30. The number of nitrogens with two attached hydrogens (primary N) is 1. The maximum absolute atomic E-state index is 12.4. The molecule has 28 heavy (non-hydrogen) atoms. The summed E-state index contributed by atoms with van der Waals surface area (Å²) in [7, 11) is -3.77. The molecule has 0 radical (unpaired) electrons. The molecular formula is C15H20N6O5S2. The molecule has 2 rings (SSSR count). The second-order valence-corrected chi connectivity index (χ2v) is 7.85. The molecule has 13 heteroatoms. The molecule has 1 atom stereocenters. The zero-order valence-corrected chi connectivity index (χ0v) is 16.3. The molecule has 1 aromatic heterocycles. The zero-order valence-electron chi connectivity index (χ0n) is 14.7. The smallest absolute Gasteiger partial charge is 0.405 e. The second kappa shape index (κ2) is 10.1. The van der Waals surface area contributed by atoms with Crippen molar-refractivity contribution >= 4 is 38.9 Å². The van der Waals surface area contributed by atoms with Crippen LogP contribution in [0.25, 0.3) is 11.4 Å². The van der Waals surface area contributed by atoms with Crippen LogP contribution in [0.5, 0.6) is 0 Å². The highest BCUT2D eigenvalue weighted by Crippen LogP contribution is 2.21. The van der Waals surface area contributed by atoms with E-state index >= 15 is 0 Å². The van der Waals surface area contributed by atoms with E-state index in [1.54, 1.807) is 0 Å². The van der Waals surface area contributed by atoms with Gasteiger partial charge in [0.05, 0.1) is 0 Å². The summed E-state index contributed by atoms with van der Waals surface area (Å²) < 4.78 is 27.9. The molecule has 0 spiro atoms. The first-order valence-electron chi connectivity index (χ1n) is 8.21. The number of carbonyl (C=O) groups is 2. The Kier molecular flexibility index (Phi) is 7.80. The molecule has 0 aliphatic rings. The molecule has 1 heterocycles. The summed E-state index contributed by atoms with van der Waals surface area (Å²) in [5.74, 6) is -0.115. The van der Waals surface area contributed by atoms with Gasteiger partial charge < -0.3 is 10.4 Å². The fourth-order valence-electron chi connectivity index (χ4n) is 2.28. The first-order valence-corrected chi connectivity index (χ1v) is 10.5. The summed E-state index contributed by atoms with van der Waals surface area (Å²) in [4.78, 5) is 27.6. The van der Waals surface area contributed by atoms with Crippen LogP contribution in [0.2, 0.25) is 0 Å². The number of amides is 2. The van der Waals surface area contributed by atoms with Gasteiger partial charge in [0.2, 0.25) is 11.0 Å². The van der Waals surface area contributed by atoms with Crippen LogP contribution in [0.3, 0.4) is 0 Å². The number of carbonyl (C=O) groups excluding carboxylic acids is 1. The highest BCUT2D eigenvalue weighted by molar-refractivity contribution is 7.87. The molecule has 0 fully saturated rings. The Balaban J connectivity index is 1.91. The topological polar surface area (TPSA) is 176 Å². The van der Waals surface area contributed by atoms with Crippen molar-refractivity contribution in [3.8, 4) is 11.4 Å². The molecule has 2 amide bonds. The Morgan fingerprint density at radius 2 is 1.93 bits per heavy atom. The number of aromatic nitrogens is 2. The van der Waals surface area contributed by atoms with Crippen molar-refractivity contribution in [1.82, 2.24) is 19.4 Å². The highest BCUT2D eigenvalue weighted by Gasteiger charge is 2.21. The molecule has 0 bridgehead atoms. The molecule has 6 N–H and O–H groups in total. The minimum absolute atomic E-state index is 0.0943. The number of hydrogen-bond donors (Lipinski definition) is 5. The van der Waals surface area contributed by atoms with Gasteiger partial charge in [-0.1, -0.05) is 30.3 Å². The molecule has 0 aliphatic carbocycles. The summed E-state index contributed by atoms with van der Waals surface area (Å²) in [5, 5.41) is 18.7. The number of benzene rings is 1. The largest absolute Gasteiger partial charge is 0.465 e. The Bertz CT molecular complexity index is 903. The van der Waals surface area contributed by atoms with Gasteiger partial charge in [0.15, 0.2) is 5.82 Å². The summed E-state index contributed by atoms with van der Waals surface area (Å²) in [6.07, 6.45) is -0.385. The van der Waals surface area contributed by atoms with Crippen LogP contribution in [0.4, 0.5) is 9.93 Å². The summed E-state index contributed by atoms with van der Waals surface area (Å²) in [6, 6.07) is 8.18. The van der Waals surface area contributed by atoms with Crippen molar-refractivity contribution < 1.29 is 23.1 Å². The lowest BCUT2D eigenvalue weighted by Gasteiger charge is -2.15. The molecule has 1 unspecified atom stereocenters. The summed E-state index contributed by atoms with van der Waals surface area (Å²) in [6.45, 7) is 0.0943. The average Bonchev–Trinajstić information content (AvgIpc) is 3.08. The van der Waals surface area contributed by atoms with Crippen molar-refractivity contribution in [2.24, 2.45) is 5.14 Å². The molecule has 2 aromatic rings. The molecular weight excluding hydrogens is 408 g/mol. The quantitative estimate of drug-likeness (QED) is 0.347. The summed E-state index contributed by atoms with van der Waals surface area (Å²) >= 11 is 0.985. The highest BCUT2D eigenvalue weighted by atomic mass is 32.2. The van der Waals surface area contributed by atoms with Crippen molar-refractivity contribution in [3.05, 3.63) is 30.3 Å². The van der Waals surface area contributed by atoms with Crippen LogP contribution in [-0.4, -0.2) is 47.5 Å². The predicted molar refractivity (Wildman–Crippen MR) is 104 cm³/mol. The summed E-state index contributed by atoms with van der Waals surface area (Å²) in [5.41, 5.74) is 0.793. The lowest BCUT2D eigenvalue weighted by molar-refractivity contribution is -0.118. The number of carboxylic acid groups (broad SMARTS) is 1. The number of hydrogen-bond acceptors (Lipinski definition) is 7. The minimum atomic E-state index is -3.77. The fraction of sp³-hybridized carbons (Fsp3) is 0.333. The van der Waals surface area contributed by atoms with E-state index in [2.05, 4.69) is 24.7 Å². The third kappa shape index (κ3) is 7.56. The van der Waals surface area contributed by atoms with Crippen molar-refractivity contribution in [1.29, 1.82) is 0 Å². The van der Waals surface area contributed by atoms with Crippen LogP contribution < -0.4 is 20.5 Å². The lowest BCUT2D eigenvalue weighted by atomic mass is 10.1. The van der Waals surface area contributed by atoms with E-state index in [4.69, 9.17) is 10.2 Å². The van der Waals surface area contributed by atoms with Crippen LogP contribution in [-0.2, 0) is 15.0 Å². The molecule has 11 nitrogen and oxygen atoms in total. The Morgan fingerprint density at radius 3 is 2.57 bits per heavy atom. The molecule has 0 saturated carbocycles. The van der Waals surface area contributed by atoms with Gasteiger partial charge in [-0.2, -0.15) is 17.8 Å². The van der Waals surface area contributed by atoms with Crippen LogP contribution in [0, 0.1) is 0 Å². The van der Waals surface area contributed by atoms with E-state index < -0.39 is 28.3 Å². The van der Waals surface area contributed by atoms with E-state index in [0.717, 1.165) is 17.1 Å². The Hall–Kier alpha value is -2.61. The van der Waals surface area contributed by atoms with Gasteiger partial charge in [-0.25, -0.2) is 14.7 Å². The van der Waals surface area contributed by atoms with Crippen molar-refractivity contribution in [3.63, 3.8) is 0 Å². The van der Waals surface area contributed by atoms with E-state index in [0.29, 0.717) is 18.7 Å². The van der Waals surface area contributed by atoms with Gasteiger partial charge >= 0.3 is 6.09 Å². The standard InChI is InChI=1S/C15H20N6O5S2/c16-28(25,26)17-9-5-4-8-11(18-15(23)24)13(22)20-14-19-12(21-27-14)10-6-2-1-3-7-10/h1-3,6-7,11,17-18H,4-5,8-9H2,(H,23,24)(H2,16,25,26)(H,19,20,21,22). The second-order valence-electron chi connectivity index (χ2n) is 5.72. The average molecular weight is 428 g/mol. The maximum Gasteiger partial charge on any atom is 0.405 e. The van der Waals surface area contributed by atoms with Gasteiger partial charge in [0.1, 0.15) is 6.04 Å². The number of unbranched alkanes of at least 4 members (excludes halogenated alkanes) is 1. The van der Waals surface area contributed by atoms with Crippen LogP contribution in [0.15, 0.2) is 30.3 Å². The lowest BCUT2D eigenvalue weighted by Crippen LogP contribution is -2.43. The van der Waals surface area contributed by atoms with Gasteiger partial charge in [-0.15, -0.1) is 0 Å². The normalized spacial score (nSPS) is 12.3. The van der Waals surface area contributed by atoms with E-state index in [1.807, 2.05) is 30.3 Å². The van der Waals surface area contributed by atoms with Gasteiger partial charge in [0.25, 0.3) is 10.2 Å². The number of nitrogens with zero attached hydrogens (tertiary/aromatic N) is 2. The van der Waals surface area contributed by atoms with Gasteiger partial charge in [-0.3, -0.25) is 10.1 Å². The first-order chi connectivity index (χ1) is 13.2. The minimum Gasteiger partial charge on any atom is -0.465 e. The van der Waals surface area contributed by atoms with Crippen molar-refractivity contribution in [2.75, 3.05) is 11.9 Å². The van der Waals surface area contributed by atoms with Crippen LogP contribution >= 0.6 is 11.5 Å². The Labute approximate surface area is 165 Å². The molecule has 0 saturated heterocycles. The maximum atomic E-state index is 12.4. The first kappa shape index (κ1) is 21.7. The Morgan fingerprint density at radius 1 is 1.21 bits per heavy atom. The van der Waals surface area contributed by atoms with Crippen molar-refractivity contribution in [2.45, 2.75) is 25.3 Å². The van der Waals surface area contributed by atoms with E-state index in [-0.39, 0.29) is 18.1 Å². The zero-order chi connectivity index (χ0) is 20.6.